The van der Waals surface area contributed by atoms with Crippen LogP contribution < -0.4 is 4.90 Å². The summed E-state index contributed by atoms with van der Waals surface area (Å²) < 4.78 is 4.99. The predicted octanol–water partition coefficient (Wildman–Crippen LogP) is 1.86. The summed E-state index contributed by atoms with van der Waals surface area (Å²) in [5.74, 6) is 1.51. The lowest BCUT2D eigenvalue weighted by molar-refractivity contribution is 0.218. The number of hydrogen-bond acceptors (Lipinski definition) is 6. The Labute approximate surface area is 110 Å². The van der Waals surface area contributed by atoms with E-state index in [-0.39, 0.29) is 5.28 Å². The average molecular weight is 275 g/mol. The van der Waals surface area contributed by atoms with E-state index in [9.17, 15) is 0 Å². The normalized spacial score (nSPS) is 15.5. The molecule has 17 heavy (non-hydrogen) atoms. The minimum atomic E-state index is 0.266. The second-order valence-electron chi connectivity index (χ2n) is 3.72. The van der Waals surface area contributed by atoms with E-state index in [4.69, 9.17) is 16.3 Å². The number of ether oxygens (including phenoxy) is 1. The Kier molecular flexibility index (Phi) is 4.82. The highest BCUT2D eigenvalue weighted by Crippen LogP contribution is 2.21. The smallest absolute Gasteiger partial charge is 0.230 e. The number of aromatic nitrogens is 3. The van der Waals surface area contributed by atoms with Crippen LogP contribution in [-0.2, 0) is 4.74 Å². The summed E-state index contributed by atoms with van der Waals surface area (Å²) in [5.41, 5.74) is 0. The van der Waals surface area contributed by atoms with Gasteiger partial charge in [-0.25, -0.2) is 0 Å². The van der Waals surface area contributed by atoms with Gasteiger partial charge >= 0.3 is 0 Å². The number of rotatable bonds is 5. The van der Waals surface area contributed by atoms with Gasteiger partial charge in [0.25, 0.3) is 0 Å². The van der Waals surface area contributed by atoms with Crippen LogP contribution in [0.25, 0.3) is 0 Å². The van der Waals surface area contributed by atoms with Crippen molar-refractivity contribution < 1.29 is 4.74 Å². The van der Waals surface area contributed by atoms with Crippen molar-refractivity contribution in [3.05, 3.63) is 5.28 Å². The Morgan fingerprint density at radius 1 is 1.29 bits per heavy atom. The first-order chi connectivity index (χ1) is 8.29. The van der Waals surface area contributed by atoms with Gasteiger partial charge in [0.15, 0.2) is 5.16 Å². The number of hydrogen-bond donors (Lipinski definition) is 0. The van der Waals surface area contributed by atoms with Crippen LogP contribution in [0.3, 0.4) is 0 Å². The molecule has 0 bridgehead atoms. The standard InChI is InChI=1S/C10H15ClN4OS/c1-16-6-7-17-10-13-8(11)12-9(14-10)15-4-2-3-5-15/h2-7H2,1H3. The first-order valence-corrected chi connectivity index (χ1v) is 6.94. The molecule has 0 atom stereocenters. The molecule has 0 saturated carbocycles. The van der Waals surface area contributed by atoms with Gasteiger partial charge in [-0.3, -0.25) is 0 Å². The van der Waals surface area contributed by atoms with Gasteiger partial charge < -0.3 is 9.64 Å². The molecule has 0 N–H and O–H groups in total. The van der Waals surface area contributed by atoms with E-state index in [1.54, 1.807) is 7.11 Å². The molecule has 0 amide bonds. The van der Waals surface area contributed by atoms with Crippen LogP contribution >= 0.6 is 23.4 Å². The topological polar surface area (TPSA) is 51.1 Å². The molecule has 2 rings (SSSR count). The fourth-order valence-corrected chi connectivity index (χ4v) is 2.60. The highest BCUT2D eigenvalue weighted by Gasteiger charge is 2.16. The van der Waals surface area contributed by atoms with Gasteiger partial charge in [0.2, 0.25) is 11.2 Å². The zero-order valence-electron chi connectivity index (χ0n) is 9.73. The predicted molar refractivity (Wildman–Crippen MR) is 68.9 cm³/mol. The SMILES string of the molecule is COCCSc1nc(Cl)nc(N2CCCC2)n1. The Hall–Kier alpha value is -0.590. The number of thioether (sulfide) groups is 1. The van der Waals surface area contributed by atoms with E-state index >= 15 is 0 Å². The van der Waals surface area contributed by atoms with Crippen LogP contribution in [0.15, 0.2) is 5.16 Å². The molecule has 5 nitrogen and oxygen atoms in total. The van der Waals surface area contributed by atoms with Crippen molar-refractivity contribution >= 4 is 29.3 Å². The molecule has 94 valence electrons. The summed E-state index contributed by atoms with van der Waals surface area (Å²) in [7, 11) is 1.68. The Balaban J connectivity index is 2.05. The Morgan fingerprint density at radius 3 is 2.76 bits per heavy atom. The summed E-state index contributed by atoms with van der Waals surface area (Å²) >= 11 is 7.44. The van der Waals surface area contributed by atoms with Crippen LogP contribution in [0.1, 0.15) is 12.8 Å². The van der Waals surface area contributed by atoms with Gasteiger partial charge in [-0.15, -0.1) is 0 Å². The van der Waals surface area contributed by atoms with Crippen LogP contribution in [-0.4, -0.2) is 47.5 Å². The van der Waals surface area contributed by atoms with Crippen molar-refractivity contribution in [1.82, 2.24) is 15.0 Å². The number of anilines is 1. The molecular weight excluding hydrogens is 260 g/mol. The fraction of sp³-hybridized carbons (Fsp3) is 0.700. The number of halogens is 1. The summed E-state index contributed by atoms with van der Waals surface area (Å²) in [6, 6.07) is 0. The zero-order valence-corrected chi connectivity index (χ0v) is 11.3. The maximum absolute atomic E-state index is 5.91. The van der Waals surface area contributed by atoms with Gasteiger partial charge in [0.05, 0.1) is 6.61 Å². The first-order valence-electron chi connectivity index (χ1n) is 5.58. The van der Waals surface area contributed by atoms with E-state index in [1.165, 1.54) is 24.6 Å². The van der Waals surface area contributed by atoms with E-state index in [0.717, 1.165) is 18.8 Å². The molecule has 0 radical (unpaired) electrons. The lowest BCUT2D eigenvalue weighted by Crippen LogP contribution is -2.21. The zero-order chi connectivity index (χ0) is 12.1. The molecule has 1 fully saturated rings. The Morgan fingerprint density at radius 2 is 2.06 bits per heavy atom. The molecular formula is C10H15ClN4OS. The van der Waals surface area contributed by atoms with Crippen molar-refractivity contribution in [3.8, 4) is 0 Å². The van der Waals surface area contributed by atoms with Crippen LogP contribution in [0.2, 0.25) is 5.28 Å². The van der Waals surface area contributed by atoms with Crippen molar-refractivity contribution in [2.75, 3.05) is 37.5 Å². The summed E-state index contributed by atoms with van der Waals surface area (Å²) in [6.07, 6.45) is 2.38. The number of methoxy groups -OCH3 is 1. The third-order valence-corrected chi connectivity index (χ3v) is 3.46. The average Bonchev–Trinajstić information content (AvgIpc) is 2.82. The summed E-state index contributed by atoms with van der Waals surface area (Å²) in [4.78, 5) is 14.8. The van der Waals surface area contributed by atoms with E-state index < -0.39 is 0 Å². The molecule has 1 aliphatic heterocycles. The second kappa shape index (κ2) is 6.37. The third kappa shape index (κ3) is 3.69. The highest BCUT2D eigenvalue weighted by atomic mass is 35.5. The Bertz CT molecular complexity index is 373. The molecule has 0 spiro atoms. The maximum atomic E-state index is 5.91. The first kappa shape index (κ1) is 12.9. The second-order valence-corrected chi connectivity index (χ2v) is 5.12. The van der Waals surface area contributed by atoms with Gasteiger partial charge in [-0.05, 0) is 24.4 Å². The van der Waals surface area contributed by atoms with Gasteiger partial charge in [-0.2, -0.15) is 15.0 Å². The van der Waals surface area contributed by atoms with E-state index in [1.807, 2.05) is 0 Å². The molecule has 1 aromatic rings. The minimum absolute atomic E-state index is 0.266. The van der Waals surface area contributed by atoms with Gasteiger partial charge in [0.1, 0.15) is 0 Å². The molecule has 7 heteroatoms. The van der Waals surface area contributed by atoms with E-state index in [2.05, 4.69) is 19.9 Å². The van der Waals surface area contributed by atoms with Crippen LogP contribution in [0.4, 0.5) is 5.95 Å². The highest BCUT2D eigenvalue weighted by molar-refractivity contribution is 7.99. The monoisotopic (exact) mass is 274 g/mol. The molecule has 1 aliphatic rings. The molecule has 0 aromatic carbocycles. The summed E-state index contributed by atoms with van der Waals surface area (Å²) in [5, 5.41) is 0.936. The van der Waals surface area contributed by atoms with Crippen LogP contribution in [0, 0.1) is 0 Å². The van der Waals surface area contributed by atoms with Crippen molar-refractivity contribution in [3.63, 3.8) is 0 Å². The quantitative estimate of drug-likeness (QED) is 0.603. The molecule has 0 aliphatic carbocycles. The largest absolute Gasteiger partial charge is 0.384 e. The fourth-order valence-electron chi connectivity index (χ4n) is 1.66. The minimum Gasteiger partial charge on any atom is -0.384 e. The summed E-state index contributed by atoms with van der Waals surface area (Å²) in [6.45, 7) is 2.68. The lowest BCUT2D eigenvalue weighted by Gasteiger charge is -2.15. The van der Waals surface area contributed by atoms with Crippen molar-refractivity contribution in [2.45, 2.75) is 18.0 Å². The van der Waals surface area contributed by atoms with Gasteiger partial charge in [0, 0.05) is 26.0 Å². The molecule has 1 saturated heterocycles. The third-order valence-electron chi connectivity index (χ3n) is 2.48. The van der Waals surface area contributed by atoms with Gasteiger partial charge in [-0.1, -0.05) is 11.8 Å². The van der Waals surface area contributed by atoms with Crippen molar-refractivity contribution in [1.29, 1.82) is 0 Å². The molecule has 1 aromatic heterocycles. The number of nitrogens with zero attached hydrogens (tertiary/aromatic N) is 4. The lowest BCUT2D eigenvalue weighted by atomic mass is 10.4. The maximum Gasteiger partial charge on any atom is 0.230 e. The van der Waals surface area contributed by atoms with Crippen LogP contribution in [0.5, 0.6) is 0 Å². The van der Waals surface area contributed by atoms with E-state index in [0.29, 0.717) is 17.7 Å². The molecule has 2 heterocycles. The van der Waals surface area contributed by atoms with Crippen molar-refractivity contribution in [2.24, 2.45) is 0 Å². The molecule has 0 unspecified atom stereocenters.